The minimum absolute atomic E-state index is 0.508. The second kappa shape index (κ2) is 1.65. The van der Waals surface area contributed by atoms with Gasteiger partial charge in [-0.2, -0.15) is 0 Å². The van der Waals surface area contributed by atoms with Crippen molar-refractivity contribution in [1.82, 2.24) is 0 Å². The Morgan fingerprint density at radius 2 is 1.60 bits per heavy atom. The van der Waals surface area contributed by atoms with Gasteiger partial charge in [0.15, 0.2) is 0 Å². The van der Waals surface area contributed by atoms with Crippen LogP contribution in [0.5, 0.6) is 0 Å². The van der Waals surface area contributed by atoms with Crippen molar-refractivity contribution >= 4 is 15.0 Å². The molecule has 3 aliphatic rings. The first-order valence-corrected chi connectivity index (χ1v) is 5.33. The van der Waals surface area contributed by atoms with E-state index in [1.165, 1.54) is 11.1 Å². The summed E-state index contributed by atoms with van der Waals surface area (Å²) in [6.07, 6.45) is 0. The molecule has 0 spiro atoms. The zero-order valence-corrected chi connectivity index (χ0v) is 6.99. The predicted octanol–water partition coefficient (Wildman–Crippen LogP) is 1.43. The second-order valence-electron chi connectivity index (χ2n) is 2.56. The van der Waals surface area contributed by atoms with Crippen molar-refractivity contribution in [3.05, 3.63) is 35.4 Å². The van der Waals surface area contributed by atoms with Crippen LogP contribution in [0.25, 0.3) is 0 Å². The molecule has 1 aromatic carbocycles. The first kappa shape index (κ1) is 5.36. The molecule has 2 bridgehead atoms. The van der Waals surface area contributed by atoms with Gasteiger partial charge in [0.1, 0.15) is 0 Å². The van der Waals surface area contributed by atoms with Crippen LogP contribution in [0.15, 0.2) is 24.3 Å². The molecule has 2 unspecified atom stereocenters. The van der Waals surface area contributed by atoms with Gasteiger partial charge in [0, 0.05) is 0 Å². The molecule has 50 valence electrons. The van der Waals surface area contributed by atoms with Gasteiger partial charge in [0.2, 0.25) is 0 Å². The van der Waals surface area contributed by atoms with E-state index in [-0.39, 0.29) is 0 Å². The zero-order valence-electron chi connectivity index (χ0n) is 5.28. The van der Waals surface area contributed by atoms with Crippen LogP contribution >= 0.6 is 0 Å². The Bertz CT molecular complexity index is 251. The molecule has 0 amide bonds. The van der Waals surface area contributed by atoms with E-state index < -0.39 is 0 Å². The molecule has 10 heavy (non-hydrogen) atoms. The van der Waals surface area contributed by atoms with E-state index in [9.17, 15) is 0 Å². The van der Waals surface area contributed by atoms with E-state index in [0.29, 0.717) is 25.0 Å². The van der Waals surface area contributed by atoms with Crippen molar-refractivity contribution < 1.29 is 4.74 Å². The number of benzene rings is 1. The fourth-order valence-corrected chi connectivity index (χ4v) is 3.83. The fourth-order valence-electron chi connectivity index (χ4n) is 1.47. The van der Waals surface area contributed by atoms with Crippen LogP contribution in [0.4, 0.5) is 0 Å². The SMILES string of the molecule is c1ccc2c(c1)C1OC2[Se]1. The normalized spacial score (nSPS) is 33.2. The van der Waals surface area contributed by atoms with Crippen molar-refractivity contribution in [3.8, 4) is 0 Å². The fraction of sp³-hybridized carbons (Fsp3) is 0.250. The molecule has 0 N–H and O–H groups in total. The van der Waals surface area contributed by atoms with E-state index >= 15 is 0 Å². The topological polar surface area (TPSA) is 9.23 Å². The summed E-state index contributed by atoms with van der Waals surface area (Å²) in [5.41, 5.74) is 2.90. The third-order valence-corrected chi connectivity index (χ3v) is 4.57. The summed E-state index contributed by atoms with van der Waals surface area (Å²) in [7, 11) is 0. The van der Waals surface area contributed by atoms with Crippen molar-refractivity contribution in [3.63, 3.8) is 0 Å². The van der Waals surface area contributed by atoms with Gasteiger partial charge in [-0.3, -0.25) is 0 Å². The maximum atomic E-state index is 5.55. The third-order valence-electron chi connectivity index (χ3n) is 2.00. The van der Waals surface area contributed by atoms with E-state index in [4.69, 9.17) is 4.74 Å². The molecule has 2 heteroatoms. The van der Waals surface area contributed by atoms with Crippen LogP contribution in [0.1, 0.15) is 21.1 Å². The summed E-state index contributed by atoms with van der Waals surface area (Å²) in [5.74, 6) is 0. The Kier molecular flexibility index (Phi) is 0.883. The third kappa shape index (κ3) is 0.485. The van der Waals surface area contributed by atoms with Gasteiger partial charge in [0.05, 0.1) is 0 Å². The molecule has 0 radical (unpaired) electrons. The Morgan fingerprint density at radius 1 is 1.10 bits per heavy atom. The first-order valence-electron chi connectivity index (χ1n) is 3.35. The van der Waals surface area contributed by atoms with E-state index in [1.807, 2.05) is 0 Å². The summed E-state index contributed by atoms with van der Waals surface area (Å²) in [5, 5.41) is 1.02. The molecule has 1 fully saturated rings. The van der Waals surface area contributed by atoms with Crippen LogP contribution < -0.4 is 0 Å². The molecule has 1 aromatic rings. The molecule has 0 aromatic heterocycles. The molecular weight excluding hydrogens is 191 g/mol. The van der Waals surface area contributed by atoms with Crippen molar-refractivity contribution in [2.75, 3.05) is 0 Å². The number of hydrogen-bond donors (Lipinski definition) is 0. The molecule has 1 nitrogen and oxygen atoms in total. The van der Waals surface area contributed by atoms with Crippen LogP contribution in [0.3, 0.4) is 0 Å². The van der Waals surface area contributed by atoms with Gasteiger partial charge in [-0.1, -0.05) is 0 Å². The standard InChI is InChI=1S/C8H6OSe/c1-2-4-6-5(3-1)7-9-8(6)10-7/h1-4,7-8H. The van der Waals surface area contributed by atoms with Crippen molar-refractivity contribution in [2.24, 2.45) is 0 Å². The molecular formula is C8H6OSe. The maximum absolute atomic E-state index is 5.55. The average Bonchev–Trinajstić information content (AvgIpc) is 2.36. The first-order chi connectivity index (χ1) is 4.95. The van der Waals surface area contributed by atoms with Crippen molar-refractivity contribution in [2.45, 2.75) is 10.0 Å². The van der Waals surface area contributed by atoms with Crippen LogP contribution in [0, 0.1) is 0 Å². The summed E-state index contributed by atoms with van der Waals surface area (Å²) in [4.78, 5) is 0. The van der Waals surface area contributed by atoms with Gasteiger partial charge >= 0.3 is 65.1 Å². The van der Waals surface area contributed by atoms with Crippen LogP contribution in [-0.4, -0.2) is 15.0 Å². The monoisotopic (exact) mass is 198 g/mol. The van der Waals surface area contributed by atoms with Gasteiger partial charge in [-0.05, 0) is 0 Å². The summed E-state index contributed by atoms with van der Waals surface area (Å²) >= 11 is 0.712. The predicted molar refractivity (Wildman–Crippen MR) is 38.8 cm³/mol. The summed E-state index contributed by atoms with van der Waals surface area (Å²) in [6, 6.07) is 8.57. The summed E-state index contributed by atoms with van der Waals surface area (Å²) in [6.45, 7) is 0. The average molecular weight is 197 g/mol. The number of rotatable bonds is 0. The van der Waals surface area contributed by atoms with Gasteiger partial charge in [-0.15, -0.1) is 0 Å². The van der Waals surface area contributed by atoms with Gasteiger partial charge < -0.3 is 0 Å². The molecule has 0 aliphatic carbocycles. The molecule has 1 saturated heterocycles. The Morgan fingerprint density at radius 3 is 2.10 bits per heavy atom. The number of ether oxygens (including phenoxy) is 1. The Hall–Kier alpha value is -0.301. The van der Waals surface area contributed by atoms with Crippen LogP contribution in [0.2, 0.25) is 0 Å². The second-order valence-corrected chi connectivity index (χ2v) is 4.93. The number of hydrogen-bond acceptors (Lipinski definition) is 1. The molecule has 3 heterocycles. The quantitative estimate of drug-likeness (QED) is 0.571. The Labute approximate surface area is 65.5 Å². The Balaban J connectivity index is 2.29. The molecule has 4 rings (SSSR count). The van der Waals surface area contributed by atoms with E-state index in [2.05, 4.69) is 24.3 Å². The summed E-state index contributed by atoms with van der Waals surface area (Å²) < 4.78 is 5.55. The van der Waals surface area contributed by atoms with E-state index in [0.717, 1.165) is 0 Å². The molecule has 3 aliphatic heterocycles. The zero-order chi connectivity index (χ0) is 6.55. The van der Waals surface area contributed by atoms with Gasteiger partial charge in [-0.25, -0.2) is 0 Å². The molecule has 0 saturated carbocycles. The van der Waals surface area contributed by atoms with Crippen LogP contribution in [-0.2, 0) is 4.74 Å². The van der Waals surface area contributed by atoms with Gasteiger partial charge in [0.25, 0.3) is 0 Å². The molecule has 2 atom stereocenters. The minimum atomic E-state index is 0.508. The van der Waals surface area contributed by atoms with E-state index in [1.54, 1.807) is 0 Å². The van der Waals surface area contributed by atoms with Crippen molar-refractivity contribution in [1.29, 1.82) is 0 Å².